The molecule has 2 amide bonds. The molecule has 2 aliphatic rings. The third-order valence-corrected chi connectivity index (χ3v) is 6.00. The van der Waals surface area contributed by atoms with Crippen LogP contribution in [0.2, 0.25) is 0 Å². The molecule has 1 atom stereocenters. The van der Waals surface area contributed by atoms with Crippen LogP contribution in [-0.2, 0) is 0 Å². The minimum atomic E-state index is -0.268. The van der Waals surface area contributed by atoms with Gasteiger partial charge in [0, 0.05) is 30.2 Å². The Morgan fingerprint density at radius 1 is 1.16 bits per heavy atom. The fraction of sp³-hybridized carbons (Fsp3) is 0.421. The fourth-order valence-corrected chi connectivity index (χ4v) is 4.65. The van der Waals surface area contributed by atoms with E-state index in [0.29, 0.717) is 11.4 Å². The maximum absolute atomic E-state index is 14.4. The molecule has 0 radical (unpaired) electrons. The molecule has 1 aromatic heterocycles. The predicted octanol–water partition coefficient (Wildman–Crippen LogP) is 4.86. The van der Waals surface area contributed by atoms with Crippen molar-refractivity contribution in [3.05, 3.63) is 46.4 Å². The van der Waals surface area contributed by atoms with E-state index >= 15 is 0 Å². The number of hydrogen-bond donors (Lipinski definition) is 1. The molecule has 2 fully saturated rings. The number of nitrogens with zero attached hydrogens (tertiary/aromatic N) is 2. The van der Waals surface area contributed by atoms with Gasteiger partial charge in [0.05, 0.1) is 11.7 Å². The molecule has 0 unspecified atom stereocenters. The Balaban J connectivity index is 1.46. The van der Waals surface area contributed by atoms with Gasteiger partial charge < -0.3 is 15.1 Å². The van der Waals surface area contributed by atoms with Crippen molar-refractivity contribution in [2.24, 2.45) is 0 Å². The first-order valence-corrected chi connectivity index (χ1v) is 9.76. The van der Waals surface area contributed by atoms with Gasteiger partial charge in [0.1, 0.15) is 5.82 Å². The number of carbonyl (C=O) groups excluding carboxylic acids is 1. The van der Waals surface area contributed by atoms with E-state index in [0.717, 1.165) is 45.3 Å². The lowest BCUT2D eigenvalue weighted by atomic mass is 10.2. The monoisotopic (exact) mass is 359 g/mol. The van der Waals surface area contributed by atoms with E-state index < -0.39 is 0 Å². The Morgan fingerprint density at radius 3 is 2.72 bits per heavy atom. The number of carbonyl (C=O) groups is 1. The van der Waals surface area contributed by atoms with Gasteiger partial charge in [-0.25, -0.2) is 9.18 Å². The number of urea groups is 1. The number of hydrogen-bond acceptors (Lipinski definition) is 3. The van der Waals surface area contributed by atoms with Gasteiger partial charge in [-0.1, -0.05) is 6.07 Å². The van der Waals surface area contributed by atoms with Crippen molar-refractivity contribution in [3.8, 4) is 0 Å². The summed E-state index contributed by atoms with van der Waals surface area (Å²) in [7, 11) is 0. The van der Waals surface area contributed by atoms with Crippen molar-refractivity contribution in [1.82, 2.24) is 4.90 Å². The summed E-state index contributed by atoms with van der Waals surface area (Å²) in [4.78, 5) is 17.8. The van der Waals surface area contributed by atoms with E-state index in [1.807, 2.05) is 16.3 Å². The standard InChI is InChI=1S/C19H22FN3OS/c20-15-13-14(7-8-16(15)22-9-1-2-10-22)21-19(24)23-11-3-5-17(23)18-6-4-12-25-18/h4,6-8,12-13,17H,1-3,5,9-11H2,(H,21,24)/t17-/m0/s1. The van der Waals surface area contributed by atoms with Gasteiger partial charge in [-0.2, -0.15) is 0 Å². The highest BCUT2D eigenvalue weighted by Gasteiger charge is 2.30. The van der Waals surface area contributed by atoms with Crippen molar-refractivity contribution >= 4 is 28.7 Å². The first-order chi connectivity index (χ1) is 12.2. The van der Waals surface area contributed by atoms with Crippen LogP contribution < -0.4 is 10.2 Å². The molecule has 0 spiro atoms. The molecule has 2 aliphatic heterocycles. The molecule has 4 nitrogen and oxygen atoms in total. The third-order valence-electron chi connectivity index (χ3n) is 5.03. The second-order valence-electron chi connectivity index (χ2n) is 6.66. The molecule has 0 saturated carbocycles. The van der Waals surface area contributed by atoms with E-state index in [4.69, 9.17) is 0 Å². The number of nitrogens with one attached hydrogen (secondary N) is 1. The highest BCUT2D eigenvalue weighted by molar-refractivity contribution is 7.10. The number of thiophene rings is 1. The van der Waals surface area contributed by atoms with Crippen molar-refractivity contribution in [1.29, 1.82) is 0 Å². The SMILES string of the molecule is O=C(Nc1ccc(N2CCCC2)c(F)c1)N1CCC[C@H]1c1cccs1. The van der Waals surface area contributed by atoms with Gasteiger partial charge in [-0.05, 0) is 55.3 Å². The van der Waals surface area contributed by atoms with Gasteiger partial charge >= 0.3 is 6.03 Å². The molecule has 0 bridgehead atoms. The van der Waals surface area contributed by atoms with Gasteiger partial charge in [-0.3, -0.25) is 0 Å². The van der Waals surface area contributed by atoms with Crippen LogP contribution in [0.1, 0.15) is 36.6 Å². The van der Waals surface area contributed by atoms with E-state index in [1.165, 1.54) is 10.9 Å². The van der Waals surface area contributed by atoms with Gasteiger partial charge in [-0.15, -0.1) is 11.3 Å². The number of anilines is 2. The van der Waals surface area contributed by atoms with Crippen LogP contribution in [0, 0.1) is 5.82 Å². The zero-order valence-corrected chi connectivity index (χ0v) is 14.9. The van der Waals surface area contributed by atoms with E-state index in [9.17, 15) is 9.18 Å². The smallest absolute Gasteiger partial charge is 0.322 e. The lowest BCUT2D eigenvalue weighted by molar-refractivity contribution is 0.208. The van der Waals surface area contributed by atoms with Crippen LogP contribution in [0.3, 0.4) is 0 Å². The number of likely N-dealkylation sites (tertiary alicyclic amines) is 1. The fourth-order valence-electron chi connectivity index (χ4n) is 3.78. The zero-order valence-electron chi connectivity index (χ0n) is 14.1. The topological polar surface area (TPSA) is 35.6 Å². The molecule has 2 aromatic rings. The summed E-state index contributed by atoms with van der Waals surface area (Å²) < 4.78 is 14.4. The lowest BCUT2D eigenvalue weighted by Crippen LogP contribution is -2.34. The van der Waals surface area contributed by atoms with Crippen molar-refractivity contribution in [2.45, 2.75) is 31.7 Å². The summed E-state index contributed by atoms with van der Waals surface area (Å²) in [5.41, 5.74) is 1.15. The maximum atomic E-state index is 14.4. The summed E-state index contributed by atoms with van der Waals surface area (Å²) >= 11 is 1.68. The Hall–Kier alpha value is -2.08. The maximum Gasteiger partial charge on any atom is 0.322 e. The van der Waals surface area contributed by atoms with Crippen LogP contribution >= 0.6 is 11.3 Å². The normalized spacial score (nSPS) is 20.3. The van der Waals surface area contributed by atoms with Gasteiger partial charge in [0.15, 0.2) is 0 Å². The van der Waals surface area contributed by atoms with Crippen LogP contribution in [-0.4, -0.2) is 30.6 Å². The second-order valence-corrected chi connectivity index (χ2v) is 7.64. The Labute approximate surface area is 151 Å². The predicted molar refractivity (Wildman–Crippen MR) is 99.9 cm³/mol. The Kier molecular flexibility index (Phi) is 4.61. The number of rotatable bonds is 3. The first kappa shape index (κ1) is 16.4. The molecule has 6 heteroatoms. The number of amides is 2. The highest BCUT2D eigenvalue weighted by Crippen LogP contribution is 2.35. The van der Waals surface area contributed by atoms with E-state index in [-0.39, 0.29) is 17.9 Å². The summed E-state index contributed by atoms with van der Waals surface area (Å²) in [6.07, 6.45) is 4.20. The summed E-state index contributed by atoms with van der Waals surface area (Å²) in [5.74, 6) is -0.268. The molecule has 0 aliphatic carbocycles. The Bertz CT molecular complexity index is 743. The summed E-state index contributed by atoms with van der Waals surface area (Å²) in [6.45, 7) is 2.54. The largest absolute Gasteiger partial charge is 0.369 e. The molecule has 25 heavy (non-hydrogen) atoms. The summed E-state index contributed by atoms with van der Waals surface area (Å²) in [5, 5.41) is 4.91. The van der Waals surface area contributed by atoms with Crippen LogP contribution in [0.15, 0.2) is 35.7 Å². The average molecular weight is 359 g/mol. The van der Waals surface area contributed by atoms with Crippen molar-refractivity contribution in [3.63, 3.8) is 0 Å². The minimum Gasteiger partial charge on any atom is -0.369 e. The average Bonchev–Trinajstić information content (AvgIpc) is 3.35. The van der Waals surface area contributed by atoms with Crippen LogP contribution in [0.25, 0.3) is 0 Å². The molecule has 2 saturated heterocycles. The third kappa shape index (κ3) is 3.35. The molecular weight excluding hydrogens is 337 g/mol. The molecule has 3 heterocycles. The van der Waals surface area contributed by atoms with E-state index in [1.54, 1.807) is 23.5 Å². The molecule has 4 rings (SSSR count). The second kappa shape index (κ2) is 7.04. The number of benzene rings is 1. The van der Waals surface area contributed by atoms with Crippen molar-refractivity contribution in [2.75, 3.05) is 29.9 Å². The van der Waals surface area contributed by atoms with Gasteiger partial charge in [0.25, 0.3) is 0 Å². The molecular formula is C19H22FN3OS. The van der Waals surface area contributed by atoms with Crippen molar-refractivity contribution < 1.29 is 9.18 Å². The van der Waals surface area contributed by atoms with E-state index in [2.05, 4.69) is 16.3 Å². The lowest BCUT2D eigenvalue weighted by Gasteiger charge is -2.24. The first-order valence-electron chi connectivity index (χ1n) is 8.88. The Morgan fingerprint density at radius 2 is 2.00 bits per heavy atom. The summed E-state index contributed by atoms with van der Waals surface area (Å²) in [6, 6.07) is 9.08. The zero-order chi connectivity index (χ0) is 17.2. The molecule has 1 aromatic carbocycles. The number of halogens is 1. The minimum absolute atomic E-state index is 0.133. The molecule has 1 N–H and O–H groups in total. The van der Waals surface area contributed by atoms with Crippen LogP contribution in [0.5, 0.6) is 0 Å². The quantitative estimate of drug-likeness (QED) is 0.850. The van der Waals surface area contributed by atoms with Crippen LogP contribution in [0.4, 0.5) is 20.6 Å². The molecule has 132 valence electrons. The highest BCUT2D eigenvalue weighted by atomic mass is 32.1. The van der Waals surface area contributed by atoms with Gasteiger partial charge in [0.2, 0.25) is 0 Å².